The molecule has 2 rings (SSSR count). The predicted molar refractivity (Wildman–Crippen MR) is 68.8 cm³/mol. The molecule has 5 heteroatoms. The Morgan fingerprint density at radius 3 is 1.61 bits per heavy atom. The van der Waals surface area contributed by atoms with Crippen LogP contribution in [0, 0.1) is 0 Å². The third kappa shape index (κ3) is 2.34. The normalized spacial score (nSPS) is 11.4. The van der Waals surface area contributed by atoms with Gasteiger partial charge in [-0.3, -0.25) is 15.0 Å². The van der Waals surface area contributed by atoms with Gasteiger partial charge in [0.25, 0.3) is 0 Å². The number of H-pyrrole nitrogens is 2. The summed E-state index contributed by atoms with van der Waals surface area (Å²) in [6.07, 6.45) is 0. The first-order valence-corrected chi connectivity index (χ1v) is 6.14. The van der Waals surface area contributed by atoms with Crippen molar-refractivity contribution < 1.29 is 4.79 Å². The first-order chi connectivity index (χ1) is 8.49. The molecule has 2 aromatic rings. The number of nitrogens with one attached hydrogen (secondary N) is 2. The average Bonchev–Trinajstić information content (AvgIpc) is 2.97. The number of ketones is 1. The highest BCUT2D eigenvalue weighted by molar-refractivity contribution is 6.06. The highest BCUT2D eigenvalue weighted by Gasteiger charge is 2.17. The van der Waals surface area contributed by atoms with E-state index >= 15 is 0 Å². The molecule has 0 saturated heterocycles. The summed E-state index contributed by atoms with van der Waals surface area (Å²) in [5.74, 6) is 0.496. The Hall–Kier alpha value is -1.91. The van der Waals surface area contributed by atoms with Crippen molar-refractivity contribution in [2.24, 2.45) is 0 Å². The number of carbonyl (C=O) groups excluding carboxylic acids is 1. The Labute approximate surface area is 106 Å². The smallest absolute Gasteiger partial charge is 0.233 e. The molecule has 18 heavy (non-hydrogen) atoms. The van der Waals surface area contributed by atoms with Gasteiger partial charge in [-0.2, -0.15) is 10.2 Å². The summed E-state index contributed by atoms with van der Waals surface area (Å²) in [4.78, 5) is 12.2. The van der Waals surface area contributed by atoms with Crippen molar-refractivity contribution in [1.82, 2.24) is 20.4 Å². The molecule has 0 aliphatic heterocycles. The molecule has 96 valence electrons. The number of rotatable bonds is 4. The minimum Gasteiger partial charge on any atom is -0.285 e. The SMILES string of the molecule is CC(C)c1cc(C(=O)c2cc(C(C)C)[nH]n2)n[nH]1. The molecular formula is C13H18N4O. The van der Waals surface area contributed by atoms with Gasteiger partial charge in [-0.25, -0.2) is 0 Å². The largest absolute Gasteiger partial charge is 0.285 e. The number of nitrogens with zero attached hydrogens (tertiary/aromatic N) is 2. The summed E-state index contributed by atoms with van der Waals surface area (Å²) < 4.78 is 0. The van der Waals surface area contributed by atoms with E-state index < -0.39 is 0 Å². The molecule has 0 atom stereocenters. The molecule has 0 unspecified atom stereocenters. The summed E-state index contributed by atoms with van der Waals surface area (Å²) in [5, 5.41) is 13.8. The van der Waals surface area contributed by atoms with Crippen LogP contribution in [0.2, 0.25) is 0 Å². The van der Waals surface area contributed by atoms with Crippen LogP contribution in [0.4, 0.5) is 0 Å². The number of carbonyl (C=O) groups is 1. The van der Waals surface area contributed by atoms with Crippen molar-refractivity contribution in [3.63, 3.8) is 0 Å². The van der Waals surface area contributed by atoms with Gasteiger partial charge in [0.15, 0.2) is 0 Å². The zero-order chi connectivity index (χ0) is 13.3. The molecule has 0 aliphatic carbocycles. The van der Waals surface area contributed by atoms with E-state index in [4.69, 9.17) is 0 Å². The van der Waals surface area contributed by atoms with Crippen molar-refractivity contribution >= 4 is 5.78 Å². The first kappa shape index (κ1) is 12.5. The van der Waals surface area contributed by atoms with Gasteiger partial charge in [-0.1, -0.05) is 27.7 Å². The van der Waals surface area contributed by atoms with Crippen molar-refractivity contribution in [1.29, 1.82) is 0 Å². The monoisotopic (exact) mass is 246 g/mol. The van der Waals surface area contributed by atoms with Gasteiger partial charge >= 0.3 is 0 Å². The lowest BCUT2D eigenvalue weighted by molar-refractivity contribution is 0.102. The minimum atomic E-state index is -0.152. The summed E-state index contributed by atoms with van der Waals surface area (Å²) in [7, 11) is 0. The van der Waals surface area contributed by atoms with Gasteiger partial charge in [0.1, 0.15) is 11.4 Å². The fourth-order valence-corrected chi connectivity index (χ4v) is 1.63. The zero-order valence-corrected chi connectivity index (χ0v) is 11.1. The van der Waals surface area contributed by atoms with E-state index in [1.807, 2.05) is 27.7 Å². The van der Waals surface area contributed by atoms with Crippen LogP contribution >= 0.6 is 0 Å². The van der Waals surface area contributed by atoms with E-state index in [1.165, 1.54) is 0 Å². The second kappa shape index (κ2) is 4.76. The summed E-state index contributed by atoms with van der Waals surface area (Å²) in [6, 6.07) is 3.58. The first-order valence-electron chi connectivity index (χ1n) is 6.14. The van der Waals surface area contributed by atoms with Gasteiger partial charge in [0.05, 0.1) is 0 Å². The lowest BCUT2D eigenvalue weighted by Crippen LogP contribution is -2.02. The van der Waals surface area contributed by atoms with E-state index in [9.17, 15) is 4.79 Å². The molecule has 0 saturated carbocycles. The number of hydrogen-bond donors (Lipinski definition) is 2. The molecule has 0 radical (unpaired) electrons. The maximum atomic E-state index is 12.2. The second-order valence-electron chi connectivity index (χ2n) is 5.06. The van der Waals surface area contributed by atoms with Crippen LogP contribution in [0.5, 0.6) is 0 Å². The van der Waals surface area contributed by atoms with Gasteiger partial charge in [-0.05, 0) is 24.0 Å². The Bertz CT molecular complexity index is 503. The maximum absolute atomic E-state index is 12.2. The van der Waals surface area contributed by atoms with Gasteiger partial charge in [-0.15, -0.1) is 0 Å². The lowest BCUT2D eigenvalue weighted by Gasteiger charge is -1.96. The topological polar surface area (TPSA) is 74.4 Å². The van der Waals surface area contributed by atoms with E-state index in [0.29, 0.717) is 23.2 Å². The molecule has 0 fully saturated rings. The van der Waals surface area contributed by atoms with Crippen molar-refractivity contribution in [3.8, 4) is 0 Å². The van der Waals surface area contributed by atoms with Crippen LogP contribution in [-0.4, -0.2) is 26.2 Å². The Balaban J connectivity index is 2.24. The van der Waals surface area contributed by atoms with E-state index in [-0.39, 0.29) is 5.78 Å². The quantitative estimate of drug-likeness (QED) is 0.814. The zero-order valence-electron chi connectivity index (χ0n) is 11.1. The van der Waals surface area contributed by atoms with Gasteiger partial charge in [0, 0.05) is 11.4 Å². The Morgan fingerprint density at radius 2 is 1.33 bits per heavy atom. The van der Waals surface area contributed by atoms with Crippen LogP contribution in [0.15, 0.2) is 12.1 Å². The number of hydrogen-bond acceptors (Lipinski definition) is 3. The molecule has 5 nitrogen and oxygen atoms in total. The highest BCUT2D eigenvalue weighted by atomic mass is 16.1. The summed E-state index contributed by atoms with van der Waals surface area (Å²) in [6.45, 7) is 8.20. The van der Waals surface area contributed by atoms with E-state index in [1.54, 1.807) is 12.1 Å². The molecule has 2 heterocycles. The fraction of sp³-hybridized carbons (Fsp3) is 0.462. The summed E-state index contributed by atoms with van der Waals surface area (Å²) in [5.41, 5.74) is 2.75. The highest BCUT2D eigenvalue weighted by Crippen LogP contribution is 2.16. The van der Waals surface area contributed by atoms with Crippen LogP contribution in [0.1, 0.15) is 67.1 Å². The van der Waals surface area contributed by atoms with Gasteiger partial charge < -0.3 is 0 Å². The standard InChI is InChI=1S/C13H18N4O/c1-7(2)9-5-11(16-14-9)13(18)12-6-10(8(3)4)15-17-12/h5-8H,1-4H3,(H,14,16)(H,15,17). The molecule has 0 bridgehead atoms. The van der Waals surface area contributed by atoms with Crippen LogP contribution in [0.3, 0.4) is 0 Å². The maximum Gasteiger partial charge on any atom is 0.233 e. The van der Waals surface area contributed by atoms with E-state index in [0.717, 1.165) is 11.4 Å². The molecular weight excluding hydrogens is 228 g/mol. The van der Waals surface area contributed by atoms with Gasteiger partial charge in [0.2, 0.25) is 5.78 Å². The molecule has 0 amide bonds. The van der Waals surface area contributed by atoms with Crippen LogP contribution in [-0.2, 0) is 0 Å². The van der Waals surface area contributed by atoms with Crippen molar-refractivity contribution in [3.05, 3.63) is 34.9 Å². The third-order valence-electron chi connectivity index (χ3n) is 2.90. The van der Waals surface area contributed by atoms with Crippen molar-refractivity contribution in [2.75, 3.05) is 0 Å². The molecule has 2 aromatic heterocycles. The minimum absolute atomic E-state index is 0.152. The number of aromatic nitrogens is 4. The third-order valence-corrected chi connectivity index (χ3v) is 2.90. The summed E-state index contributed by atoms with van der Waals surface area (Å²) >= 11 is 0. The van der Waals surface area contributed by atoms with E-state index in [2.05, 4.69) is 20.4 Å². The molecule has 0 spiro atoms. The molecule has 0 aliphatic rings. The van der Waals surface area contributed by atoms with Crippen LogP contribution in [0.25, 0.3) is 0 Å². The average molecular weight is 246 g/mol. The molecule has 0 aromatic carbocycles. The predicted octanol–water partition coefficient (Wildman–Crippen LogP) is 2.61. The fourth-order valence-electron chi connectivity index (χ4n) is 1.63. The second-order valence-corrected chi connectivity index (χ2v) is 5.06. The van der Waals surface area contributed by atoms with Crippen molar-refractivity contribution in [2.45, 2.75) is 39.5 Å². The Morgan fingerprint density at radius 1 is 0.944 bits per heavy atom. The Kier molecular flexibility index (Phi) is 3.32. The number of aromatic amines is 2. The van der Waals surface area contributed by atoms with Crippen LogP contribution < -0.4 is 0 Å². The molecule has 2 N–H and O–H groups in total. The lowest BCUT2D eigenvalue weighted by atomic mass is 10.1.